The van der Waals surface area contributed by atoms with Gasteiger partial charge in [-0.1, -0.05) is 12.1 Å². The second-order valence-corrected chi connectivity index (χ2v) is 5.34. The fraction of sp³-hybridized carbons (Fsp3) is 0.353. The predicted octanol–water partition coefficient (Wildman–Crippen LogP) is 2.76. The van der Waals surface area contributed by atoms with Crippen molar-refractivity contribution in [3.8, 4) is 11.8 Å². The molecule has 0 fully saturated rings. The maximum Gasteiger partial charge on any atom is 0.416 e. The maximum absolute atomic E-state index is 12.7. The van der Waals surface area contributed by atoms with Gasteiger partial charge in [0.25, 0.3) is 0 Å². The standard InChI is InChI=1S/C17H18F3N3O3/c1-25-15-9-16(26-2)23-13(22-15)6-7-14(24)21-10-11-4-3-5-12(8-11)17(18,19)20/h3-5,8-9H,6-7,10H2,1-2H3,(H,21,24). The highest BCUT2D eigenvalue weighted by Crippen LogP contribution is 2.29. The van der Waals surface area contributed by atoms with Crippen LogP contribution in [0.1, 0.15) is 23.4 Å². The number of halogens is 3. The molecule has 0 bridgehead atoms. The van der Waals surface area contributed by atoms with Crippen molar-refractivity contribution in [3.05, 3.63) is 47.3 Å². The molecule has 1 aromatic carbocycles. The number of aryl methyl sites for hydroxylation is 1. The smallest absolute Gasteiger partial charge is 0.416 e. The summed E-state index contributed by atoms with van der Waals surface area (Å²) in [5.74, 6) is 0.677. The molecule has 2 aromatic rings. The van der Waals surface area contributed by atoms with Crippen LogP contribution in [0.15, 0.2) is 30.3 Å². The number of alkyl halides is 3. The minimum absolute atomic E-state index is 0.00500. The van der Waals surface area contributed by atoms with Crippen molar-refractivity contribution in [2.24, 2.45) is 0 Å². The molecular weight excluding hydrogens is 351 g/mol. The summed E-state index contributed by atoms with van der Waals surface area (Å²) in [5.41, 5.74) is -0.381. The number of ether oxygens (including phenoxy) is 2. The number of amides is 1. The molecule has 0 radical (unpaired) electrons. The summed E-state index contributed by atoms with van der Waals surface area (Å²) in [4.78, 5) is 20.1. The number of hydrogen-bond acceptors (Lipinski definition) is 5. The van der Waals surface area contributed by atoms with Crippen LogP contribution >= 0.6 is 0 Å². The number of nitrogens with zero attached hydrogens (tertiary/aromatic N) is 2. The highest BCUT2D eigenvalue weighted by Gasteiger charge is 2.30. The Morgan fingerprint density at radius 3 is 2.35 bits per heavy atom. The third-order valence-corrected chi connectivity index (χ3v) is 3.46. The first-order chi connectivity index (χ1) is 12.3. The Labute approximate surface area is 148 Å². The van der Waals surface area contributed by atoms with Crippen LogP contribution < -0.4 is 14.8 Å². The van der Waals surface area contributed by atoms with E-state index >= 15 is 0 Å². The Morgan fingerprint density at radius 2 is 1.77 bits per heavy atom. The lowest BCUT2D eigenvalue weighted by molar-refractivity contribution is -0.137. The summed E-state index contributed by atoms with van der Waals surface area (Å²) in [6.07, 6.45) is -4.10. The molecule has 0 atom stereocenters. The molecule has 0 aliphatic carbocycles. The lowest BCUT2D eigenvalue weighted by Gasteiger charge is -2.10. The summed E-state index contributed by atoms with van der Waals surface area (Å²) in [5, 5.41) is 2.58. The number of carbonyl (C=O) groups excluding carboxylic acids is 1. The van der Waals surface area contributed by atoms with E-state index in [0.717, 1.165) is 12.1 Å². The zero-order chi connectivity index (χ0) is 19.2. The molecule has 0 saturated carbocycles. The Balaban J connectivity index is 1.90. The monoisotopic (exact) mass is 369 g/mol. The zero-order valence-corrected chi connectivity index (χ0v) is 14.3. The van der Waals surface area contributed by atoms with Gasteiger partial charge in [-0.25, -0.2) is 0 Å². The molecular formula is C17H18F3N3O3. The fourth-order valence-electron chi connectivity index (χ4n) is 2.14. The number of nitrogens with one attached hydrogen (secondary N) is 1. The molecule has 26 heavy (non-hydrogen) atoms. The Hall–Kier alpha value is -2.84. The van der Waals surface area contributed by atoms with Gasteiger partial charge < -0.3 is 14.8 Å². The van der Waals surface area contributed by atoms with Crippen molar-refractivity contribution >= 4 is 5.91 Å². The van der Waals surface area contributed by atoms with Gasteiger partial charge >= 0.3 is 6.18 Å². The van der Waals surface area contributed by atoms with Crippen molar-refractivity contribution in [2.75, 3.05) is 14.2 Å². The number of aromatic nitrogens is 2. The second-order valence-electron chi connectivity index (χ2n) is 5.34. The SMILES string of the molecule is COc1cc(OC)nc(CCC(=O)NCc2cccc(C(F)(F)F)c2)n1. The van der Waals surface area contributed by atoms with Crippen molar-refractivity contribution in [2.45, 2.75) is 25.6 Å². The maximum atomic E-state index is 12.7. The molecule has 6 nitrogen and oxygen atoms in total. The van der Waals surface area contributed by atoms with Crippen molar-refractivity contribution in [3.63, 3.8) is 0 Å². The largest absolute Gasteiger partial charge is 0.481 e. The van der Waals surface area contributed by atoms with Gasteiger partial charge in [0.2, 0.25) is 17.7 Å². The first-order valence-corrected chi connectivity index (χ1v) is 7.70. The minimum atomic E-state index is -4.41. The third kappa shape index (κ3) is 5.61. The summed E-state index contributed by atoms with van der Waals surface area (Å²) in [6, 6.07) is 6.33. The van der Waals surface area contributed by atoms with E-state index in [0.29, 0.717) is 23.1 Å². The van der Waals surface area contributed by atoms with Crippen LogP contribution in [0.2, 0.25) is 0 Å². The Bertz CT molecular complexity index is 744. The Kier molecular flexibility index (Phi) is 6.37. The van der Waals surface area contributed by atoms with E-state index in [2.05, 4.69) is 15.3 Å². The van der Waals surface area contributed by atoms with E-state index in [-0.39, 0.29) is 25.3 Å². The lowest BCUT2D eigenvalue weighted by atomic mass is 10.1. The van der Waals surface area contributed by atoms with Crippen LogP contribution in [0.3, 0.4) is 0 Å². The van der Waals surface area contributed by atoms with E-state index in [1.165, 1.54) is 32.4 Å². The summed E-state index contributed by atoms with van der Waals surface area (Å²) < 4.78 is 48.1. The predicted molar refractivity (Wildman–Crippen MR) is 86.7 cm³/mol. The van der Waals surface area contributed by atoms with E-state index < -0.39 is 11.7 Å². The van der Waals surface area contributed by atoms with E-state index in [1.54, 1.807) is 0 Å². The van der Waals surface area contributed by atoms with Crippen molar-refractivity contribution in [1.29, 1.82) is 0 Å². The first-order valence-electron chi connectivity index (χ1n) is 7.70. The van der Waals surface area contributed by atoms with Gasteiger partial charge in [-0.2, -0.15) is 23.1 Å². The van der Waals surface area contributed by atoms with Gasteiger partial charge in [-0.3, -0.25) is 4.79 Å². The lowest BCUT2D eigenvalue weighted by Crippen LogP contribution is -2.23. The number of carbonyl (C=O) groups is 1. The molecule has 1 heterocycles. The van der Waals surface area contributed by atoms with Gasteiger partial charge in [-0.05, 0) is 17.7 Å². The third-order valence-electron chi connectivity index (χ3n) is 3.46. The highest BCUT2D eigenvalue weighted by molar-refractivity contribution is 5.76. The minimum Gasteiger partial charge on any atom is -0.481 e. The number of methoxy groups -OCH3 is 2. The molecule has 2 rings (SSSR count). The van der Waals surface area contributed by atoms with Crippen LogP contribution in [-0.4, -0.2) is 30.1 Å². The average molecular weight is 369 g/mol. The Morgan fingerprint density at radius 1 is 1.12 bits per heavy atom. The highest BCUT2D eigenvalue weighted by atomic mass is 19.4. The van der Waals surface area contributed by atoms with Gasteiger partial charge in [0, 0.05) is 19.4 Å². The van der Waals surface area contributed by atoms with Gasteiger partial charge in [0.1, 0.15) is 5.82 Å². The fourth-order valence-corrected chi connectivity index (χ4v) is 2.14. The van der Waals surface area contributed by atoms with Gasteiger partial charge in [0.15, 0.2) is 0 Å². The van der Waals surface area contributed by atoms with Crippen LogP contribution in [0.4, 0.5) is 13.2 Å². The molecule has 140 valence electrons. The second kappa shape index (κ2) is 8.50. The van der Waals surface area contributed by atoms with Gasteiger partial charge in [0.05, 0.1) is 25.8 Å². The summed E-state index contributed by atoms with van der Waals surface area (Å²) in [6.45, 7) is 0.00500. The molecule has 0 unspecified atom stereocenters. The first kappa shape index (κ1) is 19.5. The van der Waals surface area contributed by atoms with Crippen molar-refractivity contribution < 1.29 is 27.4 Å². The topological polar surface area (TPSA) is 73.3 Å². The number of hydrogen-bond donors (Lipinski definition) is 1. The molecule has 0 aliphatic rings. The number of benzene rings is 1. The molecule has 9 heteroatoms. The molecule has 0 saturated heterocycles. The molecule has 1 N–H and O–H groups in total. The van der Waals surface area contributed by atoms with E-state index in [4.69, 9.17) is 9.47 Å². The van der Waals surface area contributed by atoms with E-state index in [1.807, 2.05) is 0 Å². The normalized spacial score (nSPS) is 11.1. The van der Waals surface area contributed by atoms with Crippen LogP contribution in [0.25, 0.3) is 0 Å². The van der Waals surface area contributed by atoms with Crippen LogP contribution in [0, 0.1) is 0 Å². The zero-order valence-electron chi connectivity index (χ0n) is 14.3. The van der Waals surface area contributed by atoms with Crippen molar-refractivity contribution in [1.82, 2.24) is 15.3 Å². The molecule has 1 aromatic heterocycles. The van der Waals surface area contributed by atoms with Crippen LogP contribution in [-0.2, 0) is 23.9 Å². The molecule has 0 spiro atoms. The van der Waals surface area contributed by atoms with Crippen LogP contribution in [0.5, 0.6) is 11.8 Å². The molecule has 1 amide bonds. The van der Waals surface area contributed by atoms with E-state index in [9.17, 15) is 18.0 Å². The number of rotatable bonds is 7. The quantitative estimate of drug-likeness (QED) is 0.812. The summed E-state index contributed by atoms with van der Waals surface area (Å²) in [7, 11) is 2.90. The van der Waals surface area contributed by atoms with Gasteiger partial charge in [-0.15, -0.1) is 0 Å². The summed E-state index contributed by atoms with van der Waals surface area (Å²) >= 11 is 0. The molecule has 0 aliphatic heterocycles. The average Bonchev–Trinajstić information content (AvgIpc) is 2.63.